The fourth-order valence-electron chi connectivity index (χ4n) is 1.49. The van der Waals surface area contributed by atoms with E-state index in [1.165, 1.54) is 0 Å². The molecule has 0 saturated heterocycles. The Morgan fingerprint density at radius 1 is 1.17 bits per heavy atom. The van der Waals surface area contributed by atoms with Gasteiger partial charge in [-0.2, -0.15) is 0 Å². The largest absolute Gasteiger partial charge is 0.382 e. The summed E-state index contributed by atoms with van der Waals surface area (Å²) >= 11 is 11.9. The van der Waals surface area contributed by atoms with Crippen molar-refractivity contribution < 1.29 is 9.47 Å². The zero-order chi connectivity index (χ0) is 13.4. The van der Waals surface area contributed by atoms with Gasteiger partial charge in [-0.15, -0.1) is 0 Å². The number of hydrogen-bond acceptors (Lipinski definition) is 3. The molecule has 1 rings (SSSR count). The molecule has 0 fully saturated rings. The molecule has 3 nitrogen and oxygen atoms in total. The third-order valence-electron chi connectivity index (χ3n) is 2.57. The molecule has 0 aliphatic rings. The molecule has 1 aromatic rings. The molecule has 0 spiro atoms. The second-order valence-corrected chi connectivity index (χ2v) is 4.77. The molecule has 0 amide bonds. The molecule has 0 aromatic heterocycles. The van der Waals surface area contributed by atoms with E-state index in [-0.39, 0.29) is 6.04 Å². The second kappa shape index (κ2) is 8.73. The molecule has 1 N–H and O–H groups in total. The fourth-order valence-corrected chi connectivity index (χ4v) is 1.80. The van der Waals surface area contributed by atoms with Crippen LogP contribution in [0, 0.1) is 0 Å². The highest BCUT2D eigenvalue weighted by Gasteiger charge is 2.06. The Hall–Kier alpha value is -0.320. The highest BCUT2D eigenvalue weighted by Crippen LogP contribution is 2.25. The standard InChI is InChI=1S/C13H19Cl2NO2/c1-10(16-5-6-18-8-7-17-2)11-3-4-12(14)13(15)9-11/h3-4,9-10,16H,5-8H2,1-2H3. The van der Waals surface area contributed by atoms with Crippen molar-refractivity contribution in [2.45, 2.75) is 13.0 Å². The number of benzene rings is 1. The first-order valence-electron chi connectivity index (χ1n) is 5.90. The summed E-state index contributed by atoms with van der Waals surface area (Å²) in [4.78, 5) is 0. The Balaban J connectivity index is 2.27. The average molecular weight is 292 g/mol. The molecular formula is C13H19Cl2NO2. The van der Waals surface area contributed by atoms with Gasteiger partial charge >= 0.3 is 0 Å². The van der Waals surface area contributed by atoms with Gasteiger partial charge in [0, 0.05) is 19.7 Å². The van der Waals surface area contributed by atoms with Crippen LogP contribution in [-0.4, -0.2) is 33.5 Å². The monoisotopic (exact) mass is 291 g/mol. The molecular weight excluding hydrogens is 273 g/mol. The summed E-state index contributed by atoms with van der Waals surface area (Å²) in [6.45, 7) is 4.77. The van der Waals surface area contributed by atoms with Crippen LogP contribution in [0.4, 0.5) is 0 Å². The molecule has 1 unspecified atom stereocenters. The second-order valence-electron chi connectivity index (χ2n) is 3.95. The van der Waals surface area contributed by atoms with E-state index < -0.39 is 0 Å². The lowest BCUT2D eigenvalue weighted by Crippen LogP contribution is -2.23. The SMILES string of the molecule is COCCOCCNC(C)c1ccc(Cl)c(Cl)c1. The van der Waals surface area contributed by atoms with E-state index in [0.29, 0.717) is 29.9 Å². The van der Waals surface area contributed by atoms with Crippen LogP contribution >= 0.6 is 23.2 Å². The third-order valence-corrected chi connectivity index (χ3v) is 3.31. The van der Waals surface area contributed by atoms with Gasteiger partial charge in [-0.25, -0.2) is 0 Å². The fraction of sp³-hybridized carbons (Fsp3) is 0.538. The zero-order valence-corrected chi connectivity index (χ0v) is 12.2. The van der Waals surface area contributed by atoms with Crippen LogP contribution in [-0.2, 0) is 9.47 Å². The Morgan fingerprint density at radius 2 is 1.94 bits per heavy atom. The Morgan fingerprint density at radius 3 is 2.61 bits per heavy atom. The molecule has 0 aliphatic carbocycles. The van der Waals surface area contributed by atoms with Gasteiger partial charge in [-0.3, -0.25) is 0 Å². The number of methoxy groups -OCH3 is 1. The average Bonchev–Trinajstić information content (AvgIpc) is 2.36. The van der Waals surface area contributed by atoms with Gasteiger partial charge in [0.1, 0.15) is 0 Å². The van der Waals surface area contributed by atoms with Crippen LogP contribution in [0.15, 0.2) is 18.2 Å². The summed E-state index contributed by atoms with van der Waals surface area (Å²) in [5, 5.41) is 4.52. The minimum atomic E-state index is 0.214. The summed E-state index contributed by atoms with van der Waals surface area (Å²) < 4.78 is 10.3. The maximum atomic E-state index is 5.98. The molecule has 0 saturated carbocycles. The van der Waals surface area contributed by atoms with E-state index in [9.17, 15) is 0 Å². The van der Waals surface area contributed by atoms with E-state index in [2.05, 4.69) is 12.2 Å². The van der Waals surface area contributed by atoms with Gasteiger partial charge in [0.05, 0.1) is 29.9 Å². The van der Waals surface area contributed by atoms with Gasteiger partial charge in [0.25, 0.3) is 0 Å². The van der Waals surface area contributed by atoms with Crippen molar-refractivity contribution in [1.29, 1.82) is 0 Å². The molecule has 102 valence electrons. The predicted molar refractivity (Wildman–Crippen MR) is 75.6 cm³/mol. The smallest absolute Gasteiger partial charge is 0.0700 e. The number of nitrogens with one attached hydrogen (secondary N) is 1. The van der Waals surface area contributed by atoms with Gasteiger partial charge in [-0.1, -0.05) is 29.3 Å². The molecule has 18 heavy (non-hydrogen) atoms. The van der Waals surface area contributed by atoms with Crippen LogP contribution in [0.25, 0.3) is 0 Å². The van der Waals surface area contributed by atoms with E-state index in [0.717, 1.165) is 12.1 Å². The Bertz CT molecular complexity index is 361. The molecule has 0 radical (unpaired) electrons. The quantitative estimate of drug-likeness (QED) is 0.746. The molecule has 0 heterocycles. The molecule has 0 bridgehead atoms. The normalized spacial score (nSPS) is 12.7. The summed E-state index contributed by atoms with van der Waals surface area (Å²) in [6, 6.07) is 5.88. The minimum Gasteiger partial charge on any atom is -0.382 e. The van der Waals surface area contributed by atoms with Gasteiger partial charge in [0.2, 0.25) is 0 Å². The highest BCUT2D eigenvalue weighted by atomic mass is 35.5. The molecule has 5 heteroatoms. The van der Waals surface area contributed by atoms with Crippen molar-refractivity contribution in [3.05, 3.63) is 33.8 Å². The van der Waals surface area contributed by atoms with E-state index in [1.54, 1.807) is 7.11 Å². The molecule has 1 atom stereocenters. The van der Waals surface area contributed by atoms with Gasteiger partial charge in [-0.05, 0) is 24.6 Å². The summed E-state index contributed by atoms with van der Waals surface area (Å²) in [5.41, 5.74) is 1.11. The Labute approximate surface area is 118 Å². The summed E-state index contributed by atoms with van der Waals surface area (Å²) in [7, 11) is 1.66. The number of ether oxygens (including phenoxy) is 2. The van der Waals surface area contributed by atoms with Crippen LogP contribution in [0.3, 0.4) is 0 Å². The first-order valence-corrected chi connectivity index (χ1v) is 6.65. The van der Waals surface area contributed by atoms with Crippen LogP contribution in [0.5, 0.6) is 0 Å². The van der Waals surface area contributed by atoms with Crippen molar-refractivity contribution in [3.8, 4) is 0 Å². The van der Waals surface area contributed by atoms with Crippen molar-refractivity contribution >= 4 is 23.2 Å². The van der Waals surface area contributed by atoms with E-state index in [4.69, 9.17) is 32.7 Å². The first-order chi connectivity index (χ1) is 8.65. The van der Waals surface area contributed by atoms with Gasteiger partial charge in [0.15, 0.2) is 0 Å². The Kier molecular flexibility index (Phi) is 7.63. The van der Waals surface area contributed by atoms with E-state index in [1.807, 2.05) is 18.2 Å². The maximum absolute atomic E-state index is 5.98. The van der Waals surface area contributed by atoms with Crippen molar-refractivity contribution in [2.24, 2.45) is 0 Å². The molecule has 0 aliphatic heterocycles. The highest BCUT2D eigenvalue weighted by molar-refractivity contribution is 6.42. The predicted octanol–water partition coefficient (Wildman–Crippen LogP) is 3.31. The van der Waals surface area contributed by atoms with E-state index >= 15 is 0 Å². The lowest BCUT2D eigenvalue weighted by Gasteiger charge is -2.15. The molecule has 1 aromatic carbocycles. The third kappa shape index (κ3) is 5.55. The van der Waals surface area contributed by atoms with Gasteiger partial charge < -0.3 is 14.8 Å². The van der Waals surface area contributed by atoms with Crippen LogP contribution in [0.1, 0.15) is 18.5 Å². The summed E-state index contributed by atoms with van der Waals surface area (Å²) in [6.07, 6.45) is 0. The number of rotatable bonds is 8. The maximum Gasteiger partial charge on any atom is 0.0700 e. The van der Waals surface area contributed by atoms with Crippen LogP contribution in [0.2, 0.25) is 10.0 Å². The lowest BCUT2D eigenvalue weighted by atomic mass is 10.1. The topological polar surface area (TPSA) is 30.5 Å². The minimum absolute atomic E-state index is 0.214. The summed E-state index contributed by atoms with van der Waals surface area (Å²) in [5.74, 6) is 0. The van der Waals surface area contributed by atoms with Crippen molar-refractivity contribution in [2.75, 3.05) is 33.5 Å². The van der Waals surface area contributed by atoms with Crippen LogP contribution < -0.4 is 5.32 Å². The zero-order valence-electron chi connectivity index (χ0n) is 10.7. The lowest BCUT2D eigenvalue weighted by molar-refractivity contribution is 0.0712. The van der Waals surface area contributed by atoms with Crippen molar-refractivity contribution in [1.82, 2.24) is 5.32 Å². The van der Waals surface area contributed by atoms with Crippen molar-refractivity contribution in [3.63, 3.8) is 0 Å². The number of halogens is 2. The number of hydrogen-bond donors (Lipinski definition) is 1. The first kappa shape index (κ1) is 15.7.